The van der Waals surface area contributed by atoms with Gasteiger partial charge >= 0.3 is 5.97 Å². The zero-order valence-electron chi connectivity index (χ0n) is 10.2. The Bertz CT molecular complexity index is 348. The largest absolute Gasteiger partial charge is 0.459 e. The molecule has 2 saturated carbocycles. The summed E-state index contributed by atoms with van der Waals surface area (Å²) in [6.45, 7) is 6.66. The SMILES string of the molecule is CC1(C)[C@@H]2CC[C@]1(C)[C@@H](OC(=O)C(Cl)(Cl)Cl)C2. The first-order chi connectivity index (χ1) is 7.59. The number of rotatable bonds is 1. The van der Waals surface area contributed by atoms with Crippen molar-refractivity contribution in [3.8, 4) is 0 Å². The van der Waals surface area contributed by atoms with E-state index in [0.29, 0.717) is 5.92 Å². The van der Waals surface area contributed by atoms with Crippen molar-refractivity contribution in [1.29, 1.82) is 0 Å². The van der Waals surface area contributed by atoms with Crippen molar-refractivity contribution in [3.05, 3.63) is 0 Å². The van der Waals surface area contributed by atoms with Crippen LogP contribution in [-0.4, -0.2) is 15.9 Å². The molecule has 2 rings (SSSR count). The molecule has 0 spiro atoms. The van der Waals surface area contributed by atoms with Crippen molar-refractivity contribution >= 4 is 40.8 Å². The van der Waals surface area contributed by atoms with Crippen molar-refractivity contribution in [2.24, 2.45) is 16.7 Å². The quantitative estimate of drug-likeness (QED) is 0.538. The van der Waals surface area contributed by atoms with Crippen LogP contribution in [0.25, 0.3) is 0 Å². The number of halogens is 3. The van der Waals surface area contributed by atoms with Crippen LogP contribution in [0.3, 0.4) is 0 Å². The van der Waals surface area contributed by atoms with E-state index >= 15 is 0 Å². The first kappa shape index (κ1) is 13.8. The predicted octanol–water partition coefficient (Wildman–Crippen LogP) is 4.11. The molecule has 2 fully saturated rings. The van der Waals surface area contributed by atoms with Gasteiger partial charge < -0.3 is 4.74 Å². The predicted molar refractivity (Wildman–Crippen MR) is 69.4 cm³/mol. The zero-order valence-corrected chi connectivity index (χ0v) is 12.5. The monoisotopic (exact) mass is 298 g/mol. The Balaban J connectivity index is 2.14. The van der Waals surface area contributed by atoms with Crippen LogP contribution in [0.4, 0.5) is 0 Å². The molecule has 0 aromatic heterocycles. The fraction of sp³-hybridized carbons (Fsp3) is 0.917. The van der Waals surface area contributed by atoms with E-state index in [4.69, 9.17) is 39.5 Å². The Morgan fingerprint density at radius 1 is 1.29 bits per heavy atom. The molecule has 0 aliphatic heterocycles. The van der Waals surface area contributed by atoms with Crippen LogP contribution in [0, 0.1) is 16.7 Å². The van der Waals surface area contributed by atoms with Crippen LogP contribution in [0.5, 0.6) is 0 Å². The third kappa shape index (κ3) is 1.97. The minimum Gasteiger partial charge on any atom is -0.459 e. The van der Waals surface area contributed by atoms with Crippen LogP contribution in [0.2, 0.25) is 0 Å². The van der Waals surface area contributed by atoms with E-state index in [2.05, 4.69) is 20.8 Å². The number of carbonyl (C=O) groups excluding carboxylic acids is 1. The Morgan fingerprint density at radius 2 is 1.88 bits per heavy atom. The van der Waals surface area contributed by atoms with Crippen molar-refractivity contribution in [2.45, 2.75) is 49.9 Å². The summed E-state index contributed by atoms with van der Waals surface area (Å²) in [5, 5.41) is 0. The normalized spacial score (nSPS) is 39.4. The average Bonchev–Trinajstić information content (AvgIpc) is 2.49. The summed E-state index contributed by atoms with van der Waals surface area (Å²) < 4.78 is 3.44. The lowest BCUT2D eigenvalue weighted by Crippen LogP contribution is -2.40. The van der Waals surface area contributed by atoms with E-state index in [-0.39, 0.29) is 16.9 Å². The highest BCUT2D eigenvalue weighted by atomic mass is 35.6. The van der Waals surface area contributed by atoms with Crippen LogP contribution in [-0.2, 0) is 9.53 Å². The summed E-state index contributed by atoms with van der Waals surface area (Å²) >= 11 is 16.6. The third-order valence-electron chi connectivity index (χ3n) is 5.19. The molecule has 0 N–H and O–H groups in total. The van der Waals surface area contributed by atoms with E-state index in [1.165, 1.54) is 6.42 Å². The number of carbonyl (C=O) groups is 1. The standard InChI is InChI=1S/C12H17Cl3O2/c1-10(2)7-4-5-11(10,3)8(6-7)17-9(16)12(13,14)15/h7-8H,4-6H2,1-3H3/t7-,8+,11-/m1/s1. The fourth-order valence-corrected chi connectivity index (χ4v) is 3.64. The van der Waals surface area contributed by atoms with Crippen LogP contribution in [0.1, 0.15) is 40.0 Å². The van der Waals surface area contributed by atoms with Gasteiger partial charge in [0.05, 0.1) is 0 Å². The van der Waals surface area contributed by atoms with Gasteiger partial charge in [-0.15, -0.1) is 0 Å². The lowest BCUT2D eigenvalue weighted by molar-refractivity contribution is -0.155. The Labute approximate surface area is 117 Å². The first-order valence-electron chi connectivity index (χ1n) is 5.87. The lowest BCUT2D eigenvalue weighted by atomic mass is 9.70. The number of hydrogen-bond acceptors (Lipinski definition) is 2. The summed E-state index contributed by atoms with van der Waals surface area (Å²) in [6.07, 6.45) is 3.03. The third-order valence-corrected chi connectivity index (χ3v) is 5.66. The van der Waals surface area contributed by atoms with Gasteiger partial charge in [-0.1, -0.05) is 55.6 Å². The van der Waals surface area contributed by atoms with Gasteiger partial charge in [0.2, 0.25) is 0 Å². The molecular formula is C12H17Cl3O2. The smallest absolute Gasteiger partial charge is 0.358 e. The second-order valence-electron chi connectivity index (χ2n) is 6.00. The number of alkyl halides is 3. The van der Waals surface area contributed by atoms with E-state index in [1.54, 1.807) is 0 Å². The molecule has 2 nitrogen and oxygen atoms in total. The molecule has 2 aliphatic carbocycles. The second kappa shape index (κ2) is 3.91. The molecule has 17 heavy (non-hydrogen) atoms. The van der Waals surface area contributed by atoms with E-state index in [1.807, 2.05) is 0 Å². The summed E-state index contributed by atoms with van der Waals surface area (Å²) in [4.78, 5) is 11.6. The molecule has 2 bridgehead atoms. The molecule has 0 saturated heterocycles. The number of ether oxygens (including phenoxy) is 1. The molecule has 0 aromatic carbocycles. The molecule has 0 amide bonds. The van der Waals surface area contributed by atoms with Crippen LogP contribution in [0.15, 0.2) is 0 Å². The zero-order chi connectivity index (χ0) is 13.1. The molecule has 98 valence electrons. The highest BCUT2D eigenvalue weighted by Crippen LogP contribution is 2.66. The molecular weight excluding hydrogens is 282 g/mol. The van der Waals surface area contributed by atoms with Gasteiger partial charge in [-0.3, -0.25) is 0 Å². The van der Waals surface area contributed by atoms with Gasteiger partial charge in [-0.25, -0.2) is 4.79 Å². The first-order valence-corrected chi connectivity index (χ1v) is 7.00. The Kier molecular flexibility index (Phi) is 3.17. The van der Waals surface area contributed by atoms with Crippen LogP contribution >= 0.6 is 34.8 Å². The molecule has 5 heteroatoms. The number of fused-ring (bicyclic) bond motifs is 2. The van der Waals surface area contributed by atoms with Gasteiger partial charge in [-0.2, -0.15) is 0 Å². The number of hydrogen-bond donors (Lipinski definition) is 0. The Morgan fingerprint density at radius 3 is 2.24 bits per heavy atom. The maximum Gasteiger partial charge on any atom is 0.358 e. The highest BCUT2D eigenvalue weighted by Gasteiger charge is 2.63. The maximum absolute atomic E-state index is 11.6. The van der Waals surface area contributed by atoms with Gasteiger partial charge in [0.1, 0.15) is 6.10 Å². The topological polar surface area (TPSA) is 26.3 Å². The molecule has 0 aromatic rings. The van der Waals surface area contributed by atoms with Gasteiger partial charge in [0, 0.05) is 5.41 Å². The summed E-state index contributed by atoms with van der Waals surface area (Å²) in [5.74, 6) is -0.155. The summed E-state index contributed by atoms with van der Waals surface area (Å²) in [5.41, 5.74) is 0.189. The average molecular weight is 300 g/mol. The maximum atomic E-state index is 11.6. The van der Waals surface area contributed by atoms with E-state index in [9.17, 15) is 4.79 Å². The van der Waals surface area contributed by atoms with Gasteiger partial charge in [0.15, 0.2) is 0 Å². The lowest BCUT2D eigenvalue weighted by Gasteiger charge is -2.38. The second-order valence-corrected chi connectivity index (χ2v) is 8.28. The summed E-state index contributed by atoms with van der Waals surface area (Å²) in [7, 11) is 0. The highest BCUT2D eigenvalue weighted by molar-refractivity contribution is 6.75. The molecule has 3 atom stereocenters. The van der Waals surface area contributed by atoms with Crippen molar-refractivity contribution in [3.63, 3.8) is 0 Å². The fourth-order valence-electron chi connectivity index (χ4n) is 3.50. The summed E-state index contributed by atoms with van der Waals surface area (Å²) in [6, 6.07) is 0. The van der Waals surface area contributed by atoms with Gasteiger partial charge in [-0.05, 0) is 30.6 Å². The van der Waals surface area contributed by atoms with E-state index < -0.39 is 9.76 Å². The molecule has 0 heterocycles. The Hall–Kier alpha value is 0.340. The molecule has 2 aliphatic rings. The van der Waals surface area contributed by atoms with Crippen LogP contribution < -0.4 is 0 Å². The minimum atomic E-state index is -1.97. The van der Waals surface area contributed by atoms with Crippen molar-refractivity contribution in [2.75, 3.05) is 0 Å². The minimum absolute atomic E-state index is 0.00322. The number of esters is 1. The van der Waals surface area contributed by atoms with Gasteiger partial charge in [0.25, 0.3) is 3.79 Å². The molecule has 0 unspecified atom stereocenters. The van der Waals surface area contributed by atoms with Crippen molar-refractivity contribution in [1.82, 2.24) is 0 Å². The molecule has 0 radical (unpaired) electrons. The van der Waals surface area contributed by atoms with Crippen molar-refractivity contribution < 1.29 is 9.53 Å². The van der Waals surface area contributed by atoms with E-state index in [0.717, 1.165) is 12.8 Å².